The van der Waals surface area contributed by atoms with Gasteiger partial charge in [0, 0.05) is 17.5 Å². The number of carbonyl (C=O) groups excluding carboxylic acids is 1. The molecule has 0 aliphatic carbocycles. The first kappa shape index (κ1) is 15.7. The highest BCUT2D eigenvalue weighted by molar-refractivity contribution is 7.14. The van der Waals surface area contributed by atoms with Crippen molar-refractivity contribution in [2.45, 2.75) is 46.6 Å². The van der Waals surface area contributed by atoms with E-state index in [-0.39, 0.29) is 18.4 Å². The van der Waals surface area contributed by atoms with E-state index in [0.717, 1.165) is 12.0 Å². The van der Waals surface area contributed by atoms with E-state index in [2.05, 4.69) is 6.92 Å². The molecule has 1 heterocycles. The maximum absolute atomic E-state index is 12.4. The molecule has 0 aliphatic heterocycles. The zero-order valence-corrected chi connectivity index (χ0v) is 12.7. The molecule has 1 N–H and O–H groups in total. The third-order valence-corrected chi connectivity index (χ3v) is 4.53. The molecule has 0 saturated carbocycles. The van der Waals surface area contributed by atoms with Gasteiger partial charge in [0.1, 0.15) is 0 Å². The molecule has 0 saturated heterocycles. The van der Waals surface area contributed by atoms with Crippen LogP contribution in [0, 0.1) is 6.92 Å². The summed E-state index contributed by atoms with van der Waals surface area (Å²) in [4.78, 5) is 26.7. The van der Waals surface area contributed by atoms with Gasteiger partial charge in [-0.1, -0.05) is 6.92 Å². The van der Waals surface area contributed by atoms with Crippen molar-refractivity contribution in [2.24, 2.45) is 0 Å². The largest absolute Gasteiger partial charge is 0.481 e. The van der Waals surface area contributed by atoms with E-state index in [1.54, 1.807) is 11.8 Å². The number of hydrogen-bond acceptors (Lipinski definition) is 3. The lowest BCUT2D eigenvalue weighted by Gasteiger charge is -2.26. The summed E-state index contributed by atoms with van der Waals surface area (Å²) >= 11 is 1.51. The standard InChI is InChI=1S/C14H21NO3S/c1-5-11-9(3)7-12(19-11)14(18)15(6-2)10(4)8-13(16)17/h7,10H,5-6,8H2,1-4H3,(H,16,17). The summed E-state index contributed by atoms with van der Waals surface area (Å²) in [6.07, 6.45) is 0.894. The first-order valence-electron chi connectivity index (χ1n) is 6.52. The van der Waals surface area contributed by atoms with Crippen molar-refractivity contribution < 1.29 is 14.7 Å². The number of aliphatic carboxylic acids is 1. The number of aryl methyl sites for hydroxylation is 2. The smallest absolute Gasteiger partial charge is 0.305 e. The normalized spacial score (nSPS) is 12.2. The molecule has 1 rings (SSSR count). The van der Waals surface area contributed by atoms with Gasteiger partial charge in [-0.25, -0.2) is 0 Å². The zero-order chi connectivity index (χ0) is 14.6. The van der Waals surface area contributed by atoms with Gasteiger partial charge in [-0.2, -0.15) is 0 Å². The monoisotopic (exact) mass is 283 g/mol. The number of carbonyl (C=O) groups is 2. The van der Waals surface area contributed by atoms with Gasteiger partial charge in [-0.05, 0) is 38.8 Å². The zero-order valence-electron chi connectivity index (χ0n) is 11.9. The Morgan fingerprint density at radius 3 is 2.47 bits per heavy atom. The van der Waals surface area contributed by atoms with Crippen LogP contribution in [0.15, 0.2) is 6.07 Å². The van der Waals surface area contributed by atoms with Gasteiger partial charge in [0.25, 0.3) is 5.91 Å². The number of amides is 1. The van der Waals surface area contributed by atoms with Gasteiger partial charge in [-0.3, -0.25) is 9.59 Å². The summed E-state index contributed by atoms with van der Waals surface area (Å²) in [5, 5.41) is 8.83. The van der Waals surface area contributed by atoms with Crippen molar-refractivity contribution in [2.75, 3.05) is 6.54 Å². The van der Waals surface area contributed by atoms with Crippen LogP contribution in [0.4, 0.5) is 0 Å². The fourth-order valence-corrected chi connectivity index (χ4v) is 3.21. The fourth-order valence-electron chi connectivity index (χ4n) is 2.14. The van der Waals surface area contributed by atoms with Crippen LogP contribution < -0.4 is 0 Å². The molecule has 0 fully saturated rings. The summed E-state index contributed by atoms with van der Waals surface area (Å²) in [6.45, 7) is 8.24. The number of hydrogen-bond donors (Lipinski definition) is 1. The molecule has 1 atom stereocenters. The van der Waals surface area contributed by atoms with E-state index >= 15 is 0 Å². The van der Waals surface area contributed by atoms with Crippen LogP contribution in [0.5, 0.6) is 0 Å². The van der Waals surface area contributed by atoms with Crippen LogP contribution in [0.3, 0.4) is 0 Å². The van der Waals surface area contributed by atoms with Crippen molar-refractivity contribution in [3.05, 3.63) is 21.4 Å². The van der Waals surface area contributed by atoms with E-state index in [0.29, 0.717) is 11.4 Å². The second kappa shape index (κ2) is 6.70. The predicted molar refractivity (Wildman–Crippen MR) is 76.9 cm³/mol. The van der Waals surface area contributed by atoms with Crippen LogP contribution in [-0.2, 0) is 11.2 Å². The Bertz CT molecular complexity index is 467. The van der Waals surface area contributed by atoms with Crippen LogP contribution in [-0.4, -0.2) is 34.5 Å². The maximum Gasteiger partial charge on any atom is 0.305 e. The van der Waals surface area contributed by atoms with Gasteiger partial charge in [0.2, 0.25) is 0 Å². The van der Waals surface area contributed by atoms with E-state index in [1.807, 2.05) is 19.9 Å². The molecule has 0 spiro atoms. The first-order valence-corrected chi connectivity index (χ1v) is 7.34. The Morgan fingerprint density at radius 2 is 2.05 bits per heavy atom. The second-order valence-corrected chi connectivity index (χ2v) is 5.75. The minimum atomic E-state index is -0.879. The number of nitrogens with zero attached hydrogens (tertiary/aromatic N) is 1. The molecular formula is C14H21NO3S. The molecule has 4 nitrogen and oxygen atoms in total. The average Bonchev–Trinajstić information content (AvgIpc) is 2.70. The molecule has 0 radical (unpaired) electrons. The lowest BCUT2D eigenvalue weighted by atomic mass is 10.2. The van der Waals surface area contributed by atoms with Gasteiger partial charge < -0.3 is 10.0 Å². The van der Waals surface area contributed by atoms with E-state index in [9.17, 15) is 9.59 Å². The summed E-state index contributed by atoms with van der Waals surface area (Å²) in [7, 11) is 0. The predicted octanol–water partition coefficient (Wildman–Crippen LogP) is 2.94. The minimum absolute atomic E-state index is 0.0232. The maximum atomic E-state index is 12.4. The molecule has 1 aromatic heterocycles. The Labute approximate surface area is 118 Å². The highest BCUT2D eigenvalue weighted by atomic mass is 32.1. The lowest BCUT2D eigenvalue weighted by molar-refractivity contribution is -0.138. The van der Waals surface area contributed by atoms with Crippen LogP contribution in [0.25, 0.3) is 0 Å². The third-order valence-electron chi connectivity index (χ3n) is 3.16. The first-order chi connectivity index (χ1) is 8.90. The molecule has 0 aliphatic rings. The highest BCUT2D eigenvalue weighted by Gasteiger charge is 2.23. The summed E-state index contributed by atoms with van der Waals surface area (Å²) < 4.78 is 0. The van der Waals surface area contributed by atoms with Gasteiger partial charge in [0.15, 0.2) is 0 Å². The molecule has 1 aromatic rings. The van der Waals surface area contributed by atoms with Gasteiger partial charge in [0.05, 0.1) is 11.3 Å². The summed E-state index contributed by atoms with van der Waals surface area (Å²) in [5.74, 6) is -0.945. The highest BCUT2D eigenvalue weighted by Crippen LogP contribution is 2.24. The quantitative estimate of drug-likeness (QED) is 0.873. The second-order valence-electron chi connectivity index (χ2n) is 4.61. The molecular weight excluding hydrogens is 262 g/mol. The summed E-state index contributed by atoms with van der Waals surface area (Å²) in [6, 6.07) is 1.62. The molecule has 1 amide bonds. The Hall–Kier alpha value is -1.36. The molecule has 19 heavy (non-hydrogen) atoms. The summed E-state index contributed by atoms with van der Waals surface area (Å²) in [5.41, 5.74) is 1.14. The van der Waals surface area contributed by atoms with E-state index in [1.165, 1.54) is 16.2 Å². The van der Waals surface area contributed by atoms with E-state index < -0.39 is 5.97 Å². The molecule has 1 unspecified atom stereocenters. The van der Waals surface area contributed by atoms with Crippen LogP contribution >= 0.6 is 11.3 Å². The molecule has 0 aromatic carbocycles. The Balaban J connectivity index is 2.91. The third kappa shape index (κ3) is 3.80. The van der Waals surface area contributed by atoms with Crippen molar-refractivity contribution in [3.8, 4) is 0 Å². The fraction of sp³-hybridized carbons (Fsp3) is 0.571. The number of carboxylic acids is 1. The number of rotatable bonds is 6. The van der Waals surface area contributed by atoms with Crippen LogP contribution in [0.2, 0.25) is 0 Å². The Kier molecular flexibility index (Phi) is 5.54. The topological polar surface area (TPSA) is 57.6 Å². The molecule has 106 valence electrons. The van der Waals surface area contributed by atoms with Crippen molar-refractivity contribution >= 4 is 23.2 Å². The number of carboxylic acid groups (broad SMARTS) is 1. The lowest BCUT2D eigenvalue weighted by Crippen LogP contribution is -2.39. The molecule has 0 bridgehead atoms. The van der Waals surface area contributed by atoms with Crippen LogP contribution in [0.1, 0.15) is 47.3 Å². The van der Waals surface area contributed by atoms with Crippen molar-refractivity contribution in [3.63, 3.8) is 0 Å². The molecule has 5 heteroatoms. The number of thiophene rings is 1. The van der Waals surface area contributed by atoms with Gasteiger partial charge in [-0.15, -0.1) is 11.3 Å². The Morgan fingerprint density at radius 1 is 1.42 bits per heavy atom. The average molecular weight is 283 g/mol. The van der Waals surface area contributed by atoms with Gasteiger partial charge >= 0.3 is 5.97 Å². The van der Waals surface area contributed by atoms with E-state index in [4.69, 9.17) is 5.11 Å². The van der Waals surface area contributed by atoms with Crippen molar-refractivity contribution in [1.29, 1.82) is 0 Å². The van der Waals surface area contributed by atoms with Crippen molar-refractivity contribution in [1.82, 2.24) is 4.90 Å². The minimum Gasteiger partial charge on any atom is -0.481 e. The SMILES string of the molecule is CCc1sc(C(=O)N(CC)C(C)CC(=O)O)cc1C.